The van der Waals surface area contributed by atoms with Crippen molar-refractivity contribution in [1.82, 2.24) is 0 Å². The van der Waals surface area contributed by atoms with Crippen LogP contribution in [0.15, 0.2) is 36.4 Å². The molecule has 4 heteroatoms. The van der Waals surface area contributed by atoms with Gasteiger partial charge < -0.3 is 0 Å². The summed E-state index contributed by atoms with van der Waals surface area (Å²) in [6.07, 6.45) is 4.06. The number of hydrogen-bond acceptors (Lipinski definition) is 0. The molecule has 0 aromatic heterocycles. The average molecular weight is 376 g/mol. The van der Waals surface area contributed by atoms with Crippen LogP contribution in [0.4, 0.5) is 0 Å². The summed E-state index contributed by atoms with van der Waals surface area (Å²) in [7, 11) is 0. The SMILES string of the molecule is CC(CCc1ccc(Cl)c(Cl)c1)CCc1c(Cl)cccc1Cl. The van der Waals surface area contributed by atoms with E-state index in [-0.39, 0.29) is 0 Å². The second-order valence-corrected chi connectivity index (χ2v) is 7.26. The highest BCUT2D eigenvalue weighted by Gasteiger charge is 2.09. The maximum absolute atomic E-state index is 6.21. The van der Waals surface area contributed by atoms with Crippen LogP contribution in [-0.4, -0.2) is 0 Å². The molecule has 2 aromatic rings. The quantitative estimate of drug-likeness (QED) is 0.490. The molecule has 2 aromatic carbocycles. The summed E-state index contributed by atoms with van der Waals surface area (Å²) in [5, 5.41) is 2.73. The molecule has 2 rings (SSSR count). The summed E-state index contributed by atoms with van der Waals surface area (Å²) in [6, 6.07) is 11.5. The van der Waals surface area contributed by atoms with Gasteiger partial charge in [-0.15, -0.1) is 0 Å². The van der Waals surface area contributed by atoms with Crippen molar-refractivity contribution in [2.24, 2.45) is 5.92 Å². The zero-order chi connectivity index (χ0) is 16.1. The van der Waals surface area contributed by atoms with Gasteiger partial charge in [0.15, 0.2) is 0 Å². The third-order valence-electron chi connectivity index (χ3n) is 3.86. The van der Waals surface area contributed by atoms with E-state index in [2.05, 4.69) is 6.92 Å². The van der Waals surface area contributed by atoms with E-state index in [1.165, 1.54) is 5.56 Å². The van der Waals surface area contributed by atoms with Gasteiger partial charge in [-0.1, -0.05) is 65.5 Å². The van der Waals surface area contributed by atoms with Crippen molar-refractivity contribution < 1.29 is 0 Å². The van der Waals surface area contributed by atoms with E-state index >= 15 is 0 Å². The summed E-state index contributed by atoms with van der Waals surface area (Å²) < 4.78 is 0. The minimum absolute atomic E-state index is 0.585. The van der Waals surface area contributed by atoms with Crippen molar-refractivity contribution in [2.75, 3.05) is 0 Å². The Morgan fingerprint density at radius 2 is 1.41 bits per heavy atom. The molecule has 0 spiro atoms. The molecule has 0 bridgehead atoms. The molecule has 0 aliphatic rings. The first-order chi connectivity index (χ1) is 10.5. The molecule has 1 unspecified atom stereocenters. The third-order valence-corrected chi connectivity index (χ3v) is 5.31. The van der Waals surface area contributed by atoms with Crippen LogP contribution in [0.5, 0.6) is 0 Å². The Morgan fingerprint density at radius 3 is 2.05 bits per heavy atom. The number of rotatable bonds is 6. The van der Waals surface area contributed by atoms with Gasteiger partial charge in [0.2, 0.25) is 0 Å². The van der Waals surface area contributed by atoms with Gasteiger partial charge in [0.05, 0.1) is 10.0 Å². The Hall–Kier alpha value is -0.400. The van der Waals surface area contributed by atoms with Gasteiger partial charge in [0.1, 0.15) is 0 Å². The lowest BCUT2D eigenvalue weighted by Crippen LogP contribution is -2.01. The van der Waals surface area contributed by atoms with Gasteiger partial charge in [-0.25, -0.2) is 0 Å². The van der Waals surface area contributed by atoms with Crippen LogP contribution < -0.4 is 0 Å². The molecule has 0 heterocycles. The molecule has 0 saturated carbocycles. The van der Waals surface area contributed by atoms with Gasteiger partial charge in [0, 0.05) is 10.0 Å². The van der Waals surface area contributed by atoms with Crippen molar-refractivity contribution in [2.45, 2.75) is 32.6 Å². The third kappa shape index (κ3) is 5.06. The molecule has 0 fully saturated rings. The molecular weight excluding hydrogens is 358 g/mol. The topological polar surface area (TPSA) is 0 Å². The molecule has 0 amide bonds. The number of halogens is 4. The largest absolute Gasteiger partial charge is 0.0840 e. The minimum Gasteiger partial charge on any atom is -0.0840 e. The first-order valence-corrected chi connectivity index (χ1v) is 8.85. The Balaban J connectivity index is 1.85. The van der Waals surface area contributed by atoms with Crippen molar-refractivity contribution >= 4 is 46.4 Å². The van der Waals surface area contributed by atoms with Crippen molar-refractivity contribution in [3.05, 3.63) is 67.6 Å². The van der Waals surface area contributed by atoms with Crippen molar-refractivity contribution in [3.63, 3.8) is 0 Å². The lowest BCUT2D eigenvalue weighted by atomic mass is 9.95. The highest BCUT2D eigenvalue weighted by molar-refractivity contribution is 6.42. The Kier molecular flexibility index (Phi) is 6.89. The standard InChI is InChI=1S/C18H18Cl4/c1-12(5-7-13-8-10-17(21)18(22)11-13)6-9-14-15(19)3-2-4-16(14)20/h2-4,8,10-12H,5-7,9H2,1H3. The number of benzene rings is 2. The molecule has 1 atom stereocenters. The number of hydrogen-bond donors (Lipinski definition) is 0. The van der Waals surface area contributed by atoms with Gasteiger partial charge in [-0.2, -0.15) is 0 Å². The molecule has 22 heavy (non-hydrogen) atoms. The minimum atomic E-state index is 0.585. The van der Waals surface area contributed by atoms with Gasteiger partial charge in [-0.05, 0) is 67.0 Å². The second kappa shape index (κ2) is 8.45. The highest BCUT2D eigenvalue weighted by atomic mass is 35.5. The average Bonchev–Trinajstić information content (AvgIpc) is 2.48. The first kappa shape index (κ1) is 17.9. The molecule has 0 aliphatic heterocycles. The Morgan fingerprint density at radius 1 is 0.773 bits per heavy atom. The summed E-state index contributed by atoms with van der Waals surface area (Å²) in [5.74, 6) is 0.585. The van der Waals surface area contributed by atoms with E-state index in [4.69, 9.17) is 46.4 Å². The summed E-state index contributed by atoms with van der Waals surface area (Å²) >= 11 is 24.4. The second-order valence-electron chi connectivity index (χ2n) is 5.63. The smallest absolute Gasteiger partial charge is 0.0595 e. The van der Waals surface area contributed by atoms with Gasteiger partial charge in [-0.3, -0.25) is 0 Å². The number of aryl methyl sites for hydroxylation is 1. The van der Waals surface area contributed by atoms with Gasteiger partial charge >= 0.3 is 0 Å². The molecule has 0 aliphatic carbocycles. The summed E-state index contributed by atoms with van der Waals surface area (Å²) in [5.41, 5.74) is 2.27. The molecular formula is C18H18Cl4. The van der Waals surface area contributed by atoms with Crippen LogP contribution in [0.3, 0.4) is 0 Å². The lowest BCUT2D eigenvalue weighted by molar-refractivity contribution is 0.493. The fourth-order valence-electron chi connectivity index (χ4n) is 2.41. The van der Waals surface area contributed by atoms with Crippen LogP contribution in [-0.2, 0) is 12.8 Å². The van der Waals surface area contributed by atoms with Gasteiger partial charge in [0.25, 0.3) is 0 Å². The predicted molar refractivity (Wildman–Crippen MR) is 98.7 cm³/mol. The highest BCUT2D eigenvalue weighted by Crippen LogP contribution is 2.28. The van der Waals surface area contributed by atoms with Crippen molar-refractivity contribution in [1.29, 1.82) is 0 Å². The maximum Gasteiger partial charge on any atom is 0.0595 e. The van der Waals surface area contributed by atoms with Crippen molar-refractivity contribution in [3.8, 4) is 0 Å². The first-order valence-electron chi connectivity index (χ1n) is 7.34. The molecule has 0 radical (unpaired) electrons. The zero-order valence-corrected chi connectivity index (χ0v) is 15.4. The van der Waals surface area contributed by atoms with Crippen LogP contribution >= 0.6 is 46.4 Å². The fourth-order valence-corrected chi connectivity index (χ4v) is 3.32. The van der Waals surface area contributed by atoms with Crippen LogP contribution in [0, 0.1) is 5.92 Å². The predicted octanol–water partition coefficient (Wildman–Crippen LogP) is 7.50. The molecule has 0 saturated heterocycles. The zero-order valence-electron chi connectivity index (χ0n) is 12.4. The maximum atomic E-state index is 6.21. The van der Waals surface area contributed by atoms with E-state index in [1.807, 2.05) is 36.4 Å². The molecule has 118 valence electrons. The van der Waals surface area contributed by atoms with E-state index in [0.717, 1.165) is 41.3 Å². The lowest BCUT2D eigenvalue weighted by Gasteiger charge is -2.13. The van der Waals surface area contributed by atoms with E-state index in [9.17, 15) is 0 Å². The fraction of sp³-hybridized carbons (Fsp3) is 0.333. The summed E-state index contributed by atoms with van der Waals surface area (Å²) in [6.45, 7) is 2.25. The van der Waals surface area contributed by atoms with E-state index in [0.29, 0.717) is 16.0 Å². The monoisotopic (exact) mass is 374 g/mol. The Labute approximate surface area is 152 Å². The van der Waals surface area contributed by atoms with Crippen LogP contribution in [0.25, 0.3) is 0 Å². The van der Waals surface area contributed by atoms with Crippen LogP contribution in [0.2, 0.25) is 20.1 Å². The summed E-state index contributed by atoms with van der Waals surface area (Å²) in [4.78, 5) is 0. The molecule has 0 N–H and O–H groups in total. The van der Waals surface area contributed by atoms with E-state index in [1.54, 1.807) is 0 Å². The Bertz CT molecular complexity index is 617. The van der Waals surface area contributed by atoms with E-state index < -0.39 is 0 Å². The van der Waals surface area contributed by atoms with Crippen LogP contribution in [0.1, 0.15) is 30.9 Å². The normalized spacial score (nSPS) is 12.4. The molecule has 0 nitrogen and oxygen atoms in total.